The summed E-state index contributed by atoms with van der Waals surface area (Å²) in [5.41, 5.74) is 0.480. The van der Waals surface area contributed by atoms with Gasteiger partial charge in [-0.2, -0.15) is 30.2 Å². The van der Waals surface area contributed by atoms with Crippen LogP contribution in [0.2, 0.25) is 0 Å². The van der Waals surface area contributed by atoms with Gasteiger partial charge in [-0.05, 0) is 54.3 Å². The van der Waals surface area contributed by atoms with Crippen molar-refractivity contribution < 1.29 is 43.3 Å². The summed E-state index contributed by atoms with van der Waals surface area (Å²) < 4.78 is 93.5. The minimum atomic E-state index is -4.76. The Morgan fingerprint density at radius 1 is 0.796 bits per heavy atom. The number of aromatic nitrogens is 3. The van der Waals surface area contributed by atoms with Crippen LogP contribution in [0.5, 0.6) is 5.75 Å². The highest BCUT2D eigenvalue weighted by atomic mass is 32.2. The van der Waals surface area contributed by atoms with Crippen molar-refractivity contribution in [3.63, 3.8) is 0 Å². The van der Waals surface area contributed by atoms with Crippen LogP contribution in [0.4, 0.5) is 34.6 Å². The number of phenols is 1. The predicted molar refractivity (Wildman–Crippen MR) is 177 cm³/mol. The van der Waals surface area contributed by atoms with Crippen molar-refractivity contribution in [2.45, 2.75) is 22.5 Å². The largest absolute Gasteiger partial charge is 0.505 e. The first-order valence-electron chi connectivity index (χ1n) is 13.8. The zero-order chi connectivity index (χ0) is 35.6. The van der Waals surface area contributed by atoms with Crippen molar-refractivity contribution in [2.75, 3.05) is 24.9 Å². The van der Waals surface area contributed by atoms with Crippen LogP contribution in [-0.4, -0.2) is 64.1 Å². The number of fused-ring (bicyclic) bond motifs is 1. The second-order valence-electron chi connectivity index (χ2n) is 10.1. The molecule has 1 aromatic heterocycles. The molecule has 0 saturated heterocycles. The van der Waals surface area contributed by atoms with Gasteiger partial charge in [-0.1, -0.05) is 30.3 Å². The Kier molecular flexibility index (Phi) is 9.90. The van der Waals surface area contributed by atoms with Crippen LogP contribution in [0.3, 0.4) is 0 Å². The molecule has 0 aliphatic rings. The number of aromatic hydroxyl groups is 1. The molecule has 4 N–H and O–H groups in total. The van der Waals surface area contributed by atoms with Crippen molar-refractivity contribution in [3.05, 3.63) is 84.2 Å². The van der Waals surface area contributed by atoms with Gasteiger partial charge in [0.05, 0.1) is 24.8 Å². The lowest BCUT2D eigenvalue weighted by Gasteiger charge is -2.16. The standard InChI is InChI=1S/C29H27N7O10S3/c1-17-8-4-5-9-21(17)32-28-30-16-31-29(34-28)33-23-14-20(48(41,42)45-2)13-18-12-19(15-47(38,39)40)26(27(37)25(18)23)36-35-22-10-6-7-11-24(22)49(43,44)46-3/h4-14,16,37H,15H2,1-3H3,(H,38,39,40)(H2,30,31,32,33,34). The molecule has 0 fully saturated rings. The lowest BCUT2D eigenvalue weighted by molar-refractivity contribution is 0.397. The fourth-order valence-corrected chi connectivity index (χ4v) is 6.74. The summed E-state index contributed by atoms with van der Waals surface area (Å²) >= 11 is 0. The monoisotopic (exact) mass is 729 g/mol. The SMILES string of the molecule is COS(=O)(=O)c1cc(Nc2ncnc(Nc3ccccc3C)n2)c2c(O)c(N=Nc3ccccc3S(=O)(=O)OC)c(CS(=O)(=O)O)cc2c1. The second-order valence-corrected chi connectivity index (χ2v) is 15.0. The first kappa shape index (κ1) is 35.2. The van der Waals surface area contributed by atoms with Gasteiger partial charge in [0, 0.05) is 16.6 Å². The molecule has 0 amide bonds. The Hall–Kier alpha value is -5.12. The van der Waals surface area contributed by atoms with E-state index in [0.29, 0.717) is 5.69 Å². The number of rotatable bonds is 12. The van der Waals surface area contributed by atoms with E-state index in [2.05, 4.69) is 44.2 Å². The number of anilines is 4. The molecule has 0 aliphatic heterocycles. The Balaban J connectivity index is 1.72. The van der Waals surface area contributed by atoms with Gasteiger partial charge in [0.25, 0.3) is 30.4 Å². The number of nitrogens with one attached hydrogen (secondary N) is 2. The highest BCUT2D eigenvalue weighted by Crippen LogP contribution is 2.45. The molecule has 5 aromatic rings. The van der Waals surface area contributed by atoms with Gasteiger partial charge in [0.15, 0.2) is 5.75 Å². The number of phenolic OH excluding ortho intramolecular Hbond substituents is 1. The first-order valence-corrected chi connectivity index (χ1v) is 18.2. The van der Waals surface area contributed by atoms with E-state index >= 15 is 0 Å². The van der Waals surface area contributed by atoms with Crippen LogP contribution in [0, 0.1) is 6.92 Å². The van der Waals surface area contributed by atoms with Crippen LogP contribution in [0.1, 0.15) is 11.1 Å². The van der Waals surface area contributed by atoms with E-state index < -0.39 is 52.4 Å². The molecule has 0 aliphatic carbocycles. The van der Waals surface area contributed by atoms with Crippen LogP contribution in [-0.2, 0) is 44.5 Å². The van der Waals surface area contributed by atoms with Gasteiger partial charge >= 0.3 is 0 Å². The first-order chi connectivity index (χ1) is 23.1. The minimum Gasteiger partial charge on any atom is -0.505 e. The topological polar surface area (TPSA) is 249 Å². The van der Waals surface area contributed by atoms with E-state index in [4.69, 9.17) is 0 Å². The Morgan fingerprint density at radius 2 is 1.43 bits per heavy atom. The van der Waals surface area contributed by atoms with Crippen molar-refractivity contribution in [1.29, 1.82) is 0 Å². The number of aryl methyl sites for hydroxylation is 1. The van der Waals surface area contributed by atoms with Crippen LogP contribution in [0.15, 0.2) is 93.1 Å². The lowest BCUT2D eigenvalue weighted by atomic mass is 10.0. The number of azo groups is 1. The third-order valence-corrected chi connectivity index (χ3v) is 10.2. The summed E-state index contributed by atoms with van der Waals surface area (Å²) in [4.78, 5) is 11.8. The van der Waals surface area contributed by atoms with Crippen molar-refractivity contribution >= 4 is 75.8 Å². The molecule has 0 unspecified atom stereocenters. The van der Waals surface area contributed by atoms with E-state index in [0.717, 1.165) is 38.0 Å². The second kappa shape index (κ2) is 13.8. The summed E-state index contributed by atoms with van der Waals surface area (Å²) in [6.45, 7) is 1.87. The summed E-state index contributed by atoms with van der Waals surface area (Å²) in [5, 5.41) is 25.3. The highest BCUT2D eigenvalue weighted by Gasteiger charge is 2.24. The molecule has 0 bridgehead atoms. The van der Waals surface area contributed by atoms with E-state index in [1.54, 1.807) is 6.07 Å². The molecule has 0 saturated carbocycles. The number of benzene rings is 4. The summed E-state index contributed by atoms with van der Waals surface area (Å²) in [7, 11) is -11.5. The van der Waals surface area contributed by atoms with E-state index in [1.807, 2.05) is 25.1 Å². The molecule has 0 spiro atoms. The fraction of sp³-hybridized carbons (Fsp3) is 0.138. The maximum absolute atomic E-state index is 12.8. The third-order valence-electron chi connectivity index (χ3n) is 6.90. The molecule has 49 heavy (non-hydrogen) atoms. The van der Waals surface area contributed by atoms with Crippen LogP contribution < -0.4 is 10.6 Å². The number of hydrogen-bond acceptors (Lipinski definition) is 16. The Labute approximate surface area is 280 Å². The van der Waals surface area contributed by atoms with Gasteiger partial charge in [-0.25, -0.2) is 9.97 Å². The molecule has 4 aromatic carbocycles. The van der Waals surface area contributed by atoms with E-state index in [9.17, 15) is 34.9 Å². The summed E-state index contributed by atoms with van der Waals surface area (Å²) in [6, 6.07) is 16.1. The quantitative estimate of drug-likeness (QED) is 0.0749. The summed E-state index contributed by atoms with van der Waals surface area (Å²) in [6.07, 6.45) is 1.18. The van der Waals surface area contributed by atoms with Crippen LogP contribution in [0.25, 0.3) is 10.8 Å². The van der Waals surface area contributed by atoms with Gasteiger partial charge in [-0.3, -0.25) is 12.9 Å². The zero-order valence-electron chi connectivity index (χ0n) is 25.8. The minimum absolute atomic E-state index is 0.0367. The lowest BCUT2D eigenvalue weighted by Crippen LogP contribution is -2.07. The van der Waals surface area contributed by atoms with Crippen LogP contribution >= 0.6 is 0 Å². The maximum atomic E-state index is 12.8. The van der Waals surface area contributed by atoms with Crippen molar-refractivity contribution in [1.82, 2.24) is 15.0 Å². The smallest absolute Gasteiger partial charge is 0.298 e. The molecule has 0 atom stereocenters. The van der Waals surface area contributed by atoms with Crippen molar-refractivity contribution in [3.8, 4) is 5.75 Å². The van der Waals surface area contributed by atoms with E-state index in [1.165, 1.54) is 30.6 Å². The maximum Gasteiger partial charge on any atom is 0.298 e. The molecular formula is C29H27N7O10S3. The van der Waals surface area contributed by atoms with Crippen molar-refractivity contribution in [2.24, 2.45) is 10.2 Å². The van der Waals surface area contributed by atoms with Gasteiger partial charge in [0.1, 0.15) is 28.4 Å². The predicted octanol–water partition coefficient (Wildman–Crippen LogP) is 5.00. The normalized spacial score (nSPS) is 12.4. The average Bonchev–Trinajstić information content (AvgIpc) is 3.05. The number of nitrogens with zero attached hydrogens (tertiary/aromatic N) is 5. The molecule has 17 nitrogen and oxygen atoms in total. The molecule has 5 rings (SSSR count). The zero-order valence-corrected chi connectivity index (χ0v) is 28.2. The molecule has 20 heteroatoms. The molecule has 1 heterocycles. The van der Waals surface area contributed by atoms with Gasteiger partial charge < -0.3 is 15.7 Å². The Bertz CT molecular complexity index is 2440. The highest BCUT2D eigenvalue weighted by molar-refractivity contribution is 7.87. The third kappa shape index (κ3) is 7.96. The molecular weight excluding hydrogens is 703 g/mol. The molecule has 256 valence electrons. The fourth-order valence-electron chi connectivity index (χ4n) is 4.61. The summed E-state index contributed by atoms with van der Waals surface area (Å²) in [5.74, 6) is -1.78. The van der Waals surface area contributed by atoms with E-state index in [-0.39, 0.29) is 44.5 Å². The van der Waals surface area contributed by atoms with Gasteiger partial charge in [0.2, 0.25) is 11.9 Å². The van der Waals surface area contributed by atoms with Gasteiger partial charge in [-0.15, -0.1) is 10.2 Å². The number of para-hydroxylation sites is 1. The molecule has 0 radical (unpaired) electrons. The Morgan fingerprint density at radius 3 is 2.08 bits per heavy atom. The average molecular weight is 730 g/mol. The number of hydrogen-bond donors (Lipinski definition) is 4.